The van der Waals surface area contributed by atoms with E-state index in [0.717, 1.165) is 41.5 Å². The van der Waals surface area contributed by atoms with E-state index in [9.17, 15) is 0 Å². The molecule has 1 fully saturated rings. The lowest BCUT2D eigenvalue weighted by Gasteiger charge is -2.12. The van der Waals surface area contributed by atoms with Crippen LogP contribution >= 0.6 is 0 Å². The Hall–Kier alpha value is -1.69. The summed E-state index contributed by atoms with van der Waals surface area (Å²) >= 11 is 0. The summed E-state index contributed by atoms with van der Waals surface area (Å²) in [7, 11) is 6.09. The average molecular weight is 274 g/mol. The number of nitrogens with zero attached hydrogens (tertiary/aromatic N) is 5. The van der Waals surface area contributed by atoms with Gasteiger partial charge in [0, 0.05) is 26.1 Å². The Labute approximate surface area is 119 Å². The fourth-order valence-electron chi connectivity index (χ4n) is 2.40. The van der Waals surface area contributed by atoms with E-state index in [-0.39, 0.29) is 0 Å². The molecular formula is C14H22N6. The van der Waals surface area contributed by atoms with Gasteiger partial charge in [0.15, 0.2) is 5.82 Å². The Kier molecular flexibility index (Phi) is 3.33. The zero-order valence-electron chi connectivity index (χ0n) is 12.6. The van der Waals surface area contributed by atoms with Gasteiger partial charge in [-0.3, -0.25) is 4.68 Å². The second-order valence-corrected chi connectivity index (χ2v) is 5.84. The lowest BCUT2D eigenvalue weighted by Crippen LogP contribution is -2.21. The van der Waals surface area contributed by atoms with Gasteiger partial charge in [0.2, 0.25) is 0 Å². The third-order valence-electron chi connectivity index (χ3n) is 3.66. The summed E-state index contributed by atoms with van der Waals surface area (Å²) < 4.78 is 1.87. The van der Waals surface area contributed by atoms with E-state index < -0.39 is 0 Å². The first-order valence-corrected chi connectivity index (χ1v) is 7.16. The van der Waals surface area contributed by atoms with Crippen LogP contribution in [0.4, 0.5) is 5.82 Å². The standard InChI is InChI=1S/C14H22N6/c1-9-11-12(20(4)18-9)14(15-7-8-19(2)3)17-13(16-11)10-5-6-10/h10H,5-8H2,1-4H3,(H,15,16,17). The van der Waals surface area contributed by atoms with Gasteiger partial charge < -0.3 is 10.2 Å². The van der Waals surface area contributed by atoms with Gasteiger partial charge in [-0.1, -0.05) is 0 Å². The van der Waals surface area contributed by atoms with E-state index in [4.69, 9.17) is 9.97 Å². The molecule has 2 aromatic rings. The number of aryl methyl sites for hydroxylation is 2. The molecule has 2 heterocycles. The number of fused-ring (bicyclic) bond motifs is 1. The minimum absolute atomic E-state index is 0.549. The molecule has 1 aliphatic rings. The molecule has 1 N–H and O–H groups in total. The summed E-state index contributed by atoms with van der Waals surface area (Å²) in [6.07, 6.45) is 2.42. The highest BCUT2D eigenvalue weighted by molar-refractivity contribution is 5.87. The molecule has 0 unspecified atom stereocenters. The average Bonchev–Trinajstić information content (AvgIpc) is 3.17. The van der Waals surface area contributed by atoms with Crippen molar-refractivity contribution in [1.82, 2.24) is 24.6 Å². The fraction of sp³-hybridized carbons (Fsp3) is 0.643. The molecule has 3 rings (SSSR count). The van der Waals surface area contributed by atoms with Crippen molar-refractivity contribution in [1.29, 1.82) is 0 Å². The number of rotatable bonds is 5. The molecule has 0 spiro atoms. The van der Waals surface area contributed by atoms with Crippen molar-refractivity contribution in [3.8, 4) is 0 Å². The molecule has 0 aliphatic heterocycles. The zero-order chi connectivity index (χ0) is 14.3. The van der Waals surface area contributed by atoms with E-state index in [0.29, 0.717) is 5.92 Å². The van der Waals surface area contributed by atoms with Crippen LogP contribution in [-0.2, 0) is 7.05 Å². The van der Waals surface area contributed by atoms with E-state index in [1.54, 1.807) is 0 Å². The van der Waals surface area contributed by atoms with E-state index in [1.165, 1.54) is 12.8 Å². The van der Waals surface area contributed by atoms with Crippen LogP contribution in [0.5, 0.6) is 0 Å². The van der Waals surface area contributed by atoms with Crippen LogP contribution in [0.25, 0.3) is 11.0 Å². The van der Waals surface area contributed by atoms with Crippen LogP contribution in [0.3, 0.4) is 0 Å². The van der Waals surface area contributed by atoms with Gasteiger partial charge in [-0.15, -0.1) is 0 Å². The maximum absolute atomic E-state index is 4.73. The first-order chi connectivity index (χ1) is 9.56. The second-order valence-electron chi connectivity index (χ2n) is 5.84. The first kappa shape index (κ1) is 13.3. The molecule has 1 saturated carbocycles. The van der Waals surface area contributed by atoms with Crippen molar-refractivity contribution in [2.75, 3.05) is 32.5 Å². The fourth-order valence-corrected chi connectivity index (χ4v) is 2.40. The van der Waals surface area contributed by atoms with Crippen molar-refractivity contribution in [3.63, 3.8) is 0 Å². The number of hydrogen-bond donors (Lipinski definition) is 1. The van der Waals surface area contributed by atoms with Gasteiger partial charge in [-0.25, -0.2) is 9.97 Å². The number of hydrogen-bond acceptors (Lipinski definition) is 5. The molecule has 6 nitrogen and oxygen atoms in total. The summed E-state index contributed by atoms with van der Waals surface area (Å²) in [6, 6.07) is 0. The molecule has 0 radical (unpaired) electrons. The summed E-state index contributed by atoms with van der Waals surface area (Å²) in [5.41, 5.74) is 2.96. The van der Waals surface area contributed by atoms with Gasteiger partial charge >= 0.3 is 0 Å². The third kappa shape index (κ3) is 2.47. The molecular weight excluding hydrogens is 252 g/mol. The van der Waals surface area contributed by atoms with Gasteiger partial charge in [0.1, 0.15) is 16.9 Å². The Morgan fingerprint density at radius 1 is 1.30 bits per heavy atom. The van der Waals surface area contributed by atoms with Crippen molar-refractivity contribution in [2.24, 2.45) is 7.05 Å². The molecule has 0 amide bonds. The topological polar surface area (TPSA) is 58.9 Å². The van der Waals surface area contributed by atoms with E-state index >= 15 is 0 Å². The van der Waals surface area contributed by atoms with Crippen molar-refractivity contribution < 1.29 is 0 Å². The van der Waals surface area contributed by atoms with Crippen LogP contribution in [0.15, 0.2) is 0 Å². The third-order valence-corrected chi connectivity index (χ3v) is 3.66. The lowest BCUT2D eigenvalue weighted by atomic mass is 10.3. The predicted molar refractivity (Wildman–Crippen MR) is 80.1 cm³/mol. The Balaban J connectivity index is 1.98. The molecule has 6 heteroatoms. The molecule has 1 aliphatic carbocycles. The highest BCUT2D eigenvalue weighted by Gasteiger charge is 2.28. The van der Waals surface area contributed by atoms with Crippen LogP contribution < -0.4 is 5.32 Å². The molecule has 0 bridgehead atoms. The molecule has 0 atom stereocenters. The quantitative estimate of drug-likeness (QED) is 0.896. The molecule has 0 saturated heterocycles. The molecule has 20 heavy (non-hydrogen) atoms. The SMILES string of the molecule is Cc1nn(C)c2c(NCCN(C)C)nc(C3CC3)nc12. The predicted octanol–water partition coefficient (Wildman–Crippen LogP) is 1.52. The van der Waals surface area contributed by atoms with Crippen LogP contribution in [0.1, 0.15) is 30.3 Å². The van der Waals surface area contributed by atoms with Gasteiger partial charge in [0.05, 0.1) is 5.69 Å². The van der Waals surface area contributed by atoms with Gasteiger partial charge in [-0.2, -0.15) is 5.10 Å². The Bertz CT molecular complexity index is 626. The number of nitrogens with one attached hydrogen (secondary N) is 1. The smallest absolute Gasteiger partial charge is 0.156 e. The normalized spacial score (nSPS) is 15.2. The van der Waals surface area contributed by atoms with Gasteiger partial charge in [0.25, 0.3) is 0 Å². The van der Waals surface area contributed by atoms with E-state index in [2.05, 4.69) is 29.4 Å². The lowest BCUT2D eigenvalue weighted by molar-refractivity contribution is 0.425. The largest absolute Gasteiger partial charge is 0.367 e. The minimum atomic E-state index is 0.549. The maximum Gasteiger partial charge on any atom is 0.156 e. The molecule has 2 aromatic heterocycles. The van der Waals surface area contributed by atoms with Crippen LogP contribution in [-0.4, -0.2) is 51.8 Å². The zero-order valence-corrected chi connectivity index (χ0v) is 12.6. The summed E-state index contributed by atoms with van der Waals surface area (Å²) in [5.74, 6) is 2.44. The Morgan fingerprint density at radius 2 is 2.05 bits per heavy atom. The molecule has 0 aromatic carbocycles. The molecule has 108 valence electrons. The maximum atomic E-state index is 4.73. The van der Waals surface area contributed by atoms with Crippen molar-refractivity contribution in [2.45, 2.75) is 25.7 Å². The van der Waals surface area contributed by atoms with Crippen LogP contribution in [0.2, 0.25) is 0 Å². The second kappa shape index (κ2) is 5.01. The Morgan fingerprint density at radius 3 is 2.70 bits per heavy atom. The van der Waals surface area contributed by atoms with Crippen LogP contribution in [0, 0.1) is 6.92 Å². The summed E-state index contributed by atoms with van der Waals surface area (Å²) in [5, 5.41) is 7.92. The number of anilines is 1. The van der Waals surface area contributed by atoms with Gasteiger partial charge in [-0.05, 0) is 33.9 Å². The number of aromatic nitrogens is 4. The highest BCUT2D eigenvalue weighted by Crippen LogP contribution is 2.39. The van der Waals surface area contributed by atoms with Crippen molar-refractivity contribution >= 4 is 16.9 Å². The highest BCUT2D eigenvalue weighted by atomic mass is 15.3. The number of likely N-dealkylation sites (N-methyl/N-ethyl adjacent to an activating group) is 1. The monoisotopic (exact) mass is 274 g/mol. The van der Waals surface area contributed by atoms with E-state index in [1.807, 2.05) is 18.7 Å². The summed E-state index contributed by atoms with van der Waals surface area (Å²) in [6.45, 7) is 3.85. The van der Waals surface area contributed by atoms with Crippen molar-refractivity contribution in [3.05, 3.63) is 11.5 Å². The summed E-state index contributed by atoms with van der Waals surface area (Å²) in [4.78, 5) is 11.6. The first-order valence-electron chi connectivity index (χ1n) is 7.16. The minimum Gasteiger partial charge on any atom is -0.367 e.